The Hall–Kier alpha value is -1.24. The van der Waals surface area contributed by atoms with Crippen molar-refractivity contribution >= 4 is 27.9 Å². The van der Waals surface area contributed by atoms with E-state index < -0.39 is 0 Å². The number of rotatable bonds is 6. The van der Waals surface area contributed by atoms with E-state index in [1.165, 1.54) is 18.2 Å². The third-order valence-corrected chi connectivity index (χ3v) is 4.22. The molecule has 0 spiro atoms. The molecule has 1 unspecified atom stereocenters. The Kier molecular flexibility index (Phi) is 7.40. The number of amides is 1. The summed E-state index contributed by atoms with van der Waals surface area (Å²) >= 11 is 3.29. The number of nitrogens with zero attached hydrogens (tertiary/aromatic N) is 1. The lowest BCUT2D eigenvalue weighted by Gasteiger charge is -2.33. The van der Waals surface area contributed by atoms with Gasteiger partial charge in [-0.1, -0.05) is 29.8 Å². The van der Waals surface area contributed by atoms with Crippen LogP contribution in [0.25, 0.3) is 6.08 Å². The van der Waals surface area contributed by atoms with Crippen LogP contribution in [0.2, 0.25) is 0 Å². The SMILES string of the molecule is CC(C)CN1CCOC(CNC(=O)/C=C/c2cc(Br)ccc2F)C1. The van der Waals surface area contributed by atoms with Gasteiger partial charge in [0, 0.05) is 42.3 Å². The van der Waals surface area contributed by atoms with Crippen LogP contribution >= 0.6 is 15.9 Å². The molecule has 1 atom stereocenters. The lowest BCUT2D eigenvalue weighted by atomic mass is 10.1. The van der Waals surface area contributed by atoms with Gasteiger partial charge in [0.25, 0.3) is 0 Å². The van der Waals surface area contributed by atoms with Crippen LogP contribution in [0.3, 0.4) is 0 Å². The molecule has 0 bridgehead atoms. The molecule has 2 rings (SSSR count). The molecule has 0 aliphatic carbocycles. The van der Waals surface area contributed by atoms with E-state index in [0.29, 0.717) is 24.6 Å². The third-order valence-electron chi connectivity index (χ3n) is 3.72. The summed E-state index contributed by atoms with van der Waals surface area (Å²) in [4.78, 5) is 14.3. The maximum Gasteiger partial charge on any atom is 0.244 e. The van der Waals surface area contributed by atoms with Crippen molar-refractivity contribution in [3.05, 3.63) is 40.1 Å². The Morgan fingerprint density at radius 3 is 3.08 bits per heavy atom. The molecule has 0 radical (unpaired) electrons. The van der Waals surface area contributed by atoms with Gasteiger partial charge in [-0.05, 0) is 30.2 Å². The smallest absolute Gasteiger partial charge is 0.244 e. The van der Waals surface area contributed by atoms with E-state index in [0.717, 1.165) is 24.1 Å². The summed E-state index contributed by atoms with van der Waals surface area (Å²) in [6, 6.07) is 4.62. The van der Waals surface area contributed by atoms with Gasteiger partial charge in [-0.15, -0.1) is 0 Å². The van der Waals surface area contributed by atoms with Crippen LogP contribution in [0.4, 0.5) is 4.39 Å². The molecule has 6 heteroatoms. The molecule has 0 aromatic heterocycles. The second kappa shape index (κ2) is 9.30. The van der Waals surface area contributed by atoms with Crippen molar-refractivity contribution in [3.63, 3.8) is 0 Å². The Bertz CT molecular complexity index is 592. The molecule has 0 saturated carbocycles. The third kappa shape index (κ3) is 6.34. The topological polar surface area (TPSA) is 41.6 Å². The van der Waals surface area contributed by atoms with Gasteiger partial charge in [-0.3, -0.25) is 9.69 Å². The van der Waals surface area contributed by atoms with E-state index in [-0.39, 0.29) is 17.8 Å². The summed E-state index contributed by atoms with van der Waals surface area (Å²) in [5, 5.41) is 2.82. The minimum absolute atomic E-state index is 0.00236. The Balaban J connectivity index is 1.80. The van der Waals surface area contributed by atoms with Crippen LogP contribution in [0.5, 0.6) is 0 Å². The fourth-order valence-electron chi connectivity index (χ4n) is 2.67. The summed E-state index contributed by atoms with van der Waals surface area (Å²) in [5.74, 6) is 0.00233. The highest BCUT2D eigenvalue weighted by Crippen LogP contribution is 2.16. The summed E-state index contributed by atoms with van der Waals surface area (Å²) in [6.45, 7) is 8.32. The normalized spacial score (nSPS) is 19.1. The van der Waals surface area contributed by atoms with Crippen LogP contribution in [0.1, 0.15) is 19.4 Å². The fraction of sp³-hybridized carbons (Fsp3) is 0.500. The van der Waals surface area contributed by atoms with Gasteiger partial charge in [0.15, 0.2) is 0 Å². The lowest BCUT2D eigenvalue weighted by Crippen LogP contribution is -2.48. The molecule has 1 saturated heterocycles. The van der Waals surface area contributed by atoms with Gasteiger partial charge in [0.05, 0.1) is 12.7 Å². The molecule has 1 aliphatic rings. The highest BCUT2D eigenvalue weighted by atomic mass is 79.9. The van der Waals surface area contributed by atoms with E-state index >= 15 is 0 Å². The van der Waals surface area contributed by atoms with Crippen molar-refractivity contribution in [2.24, 2.45) is 5.92 Å². The second-order valence-electron chi connectivity index (χ2n) is 6.39. The number of ether oxygens (including phenoxy) is 1. The molecule has 1 fully saturated rings. The van der Waals surface area contributed by atoms with Crippen molar-refractivity contribution in [1.29, 1.82) is 0 Å². The van der Waals surface area contributed by atoms with Gasteiger partial charge in [-0.2, -0.15) is 0 Å². The van der Waals surface area contributed by atoms with Crippen molar-refractivity contribution in [2.45, 2.75) is 20.0 Å². The predicted molar refractivity (Wildman–Crippen MR) is 97.2 cm³/mol. The van der Waals surface area contributed by atoms with E-state index in [2.05, 4.69) is 40.0 Å². The second-order valence-corrected chi connectivity index (χ2v) is 7.31. The van der Waals surface area contributed by atoms with E-state index in [1.54, 1.807) is 12.1 Å². The zero-order valence-electron chi connectivity index (χ0n) is 14.1. The number of morpholine rings is 1. The number of hydrogen-bond donors (Lipinski definition) is 1. The maximum absolute atomic E-state index is 13.6. The molecular weight excluding hydrogens is 375 g/mol. The van der Waals surface area contributed by atoms with Gasteiger partial charge < -0.3 is 10.1 Å². The predicted octanol–water partition coefficient (Wildman–Crippen LogP) is 3.07. The molecule has 1 aliphatic heterocycles. The minimum atomic E-state index is -0.359. The largest absolute Gasteiger partial charge is 0.374 e. The van der Waals surface area contributed by atoms with Crippen LogP contribution in [-0.4, -0.2) is 49.7 Å². The summed E-state index contributed by atoms with van der Waals surface area (Å²) in [6.07, 6.45) is 2.82. The maximum atomic E-state index is 13.6. The molecule has 1 aromatic rings. The number of halogens is 2. The Labute approximate surface area is 151 Å². The van der Waals surface area contributed by atoms with Crippen LogP contribution in [0, 0.1) is 11.7 Å². The van der Waals surface area contributed by atoms with Crippen LogP contribution in [0.15, 0.2) is 28.7 Å². The monoisotopic (exact) mass is 398 g/mol. The van der Waals surface area contributed by atoms with Gasteiger partial charge in [0.2, 0.25) is 5.91 Å². The van der Waals surface area contributed by atoms with E-state index in [9.17, 15) is 9.18 Å². The number of benzene rings is 1. The highest BCUT2D eigenvalue weighted by molar-refractivity contribution is 9.10. The van der Waals surface area contributed by atoms with Crippen LogP contribution < -0.4 is 5.32 Å². The molecule has 4 nitrogen and oxygen atoms in total. The Morgan fingerprint density at radius 1 is 1.54 bits per heavy atom. The summed E-state index contributed by atoms with van der Waals surface area (Å²) < 4.78 is 20.1. The van der Waals surface area contributed by atoms with Crippen molar-refractivity contribution in [3.8, 4) is 0 Å². The molecule has 1 amide bonds. The average Bonchev–Trinajstić information content (AvgIpc) is 2.53. The standard InChI is InChI=1S/C18H24BrFN2O2/c1-13(2)11-22-7-8-24-16(12-22)10-21-18(23)6-3-14-9-15(19)4-5-17(14)20/h3-6,9,13,16H,7-8,10-12H2,1-2H3,(H,21,23)/b6-3+. The van der Waals surface area contributed by atoms with Crippen molar-refractivity contribution in [2.75, 3.05) is 32.8 Å². The number of carbonyl (C=O) groups is 1. The van der Waals surface area contributed by atoms with E-state index in [1.807, 2.05) is 0 Å². The first-order valence-electron chi connectivity index (χ1n) is 8.19. The number of hydrogen-bond acceptors (Lipinski definition) is 3. The summed E-state index contributed by atoms with van der Waals surface area (Å²) in [5.41, 5.74) is 0.372. The van der Waals surface area contributed by atoms with Crippen molar-refractivity contribution < 1.29 is 13.9 Å². The molecule has 1 heterocycles. The lowest BCUT2D eigenvalue weighted by molar-refractivity contribution is -0.117. The highest BCUT2D eigenvalue weighted by Gasteiger charge is 2.21. The fourth-order valence-corrected chi connectivity index (χ4v) is 3.05. The molecule has 24 heavy (non-hydrogen) atoms. The van der Waals surface area contributed by atoms with Crippen LogP contribution in [-0.2, 0) is 9.53 Å². The molecular formula is C18H24BrFN2O2. The minimum Gasteiger partial charge on any atom is -0.374 e. The summed E-state index contributed by atoms with van der Waals surface area (Å²) in [7, 11) is 0. The van der Waals surface area contributed by atoms with Gasteiger partial charge in [0.1, 0.15) is 5.82 Å². The average molecular weight is 399 g/mol. The Morgan fingerprint density at radius 2 is 2.33 bits per heavy atom. The first-order chi connectivity index (χ1) is 11.4. The van der Waals surface area contributed by atoms with E-state index in [4.69, 9.17) is 4.74 Å². The zero-order chi connectivity index (χ0) is 17.5. The van der Waals surface area contributed by atoms with Crippen molar-refractivity contribution in [1.82, 2.24) is 10.2 Å². The molecule has 1 aromatic carbocycles. The van der Waals surface area contributed by atoms with Gasteiger partial charge in [-0.25, -0.2) is 4.39 Å². The quantitative estimate of drug-likeness (QED) is 0.748. The zero-order valence-corrected chi connectivity index (χ0v) is 15.7. The first kappa shape index (κ1) is 19.1. The number of nitrogens with one attached hydrogen (secondary N) is 1. The first-order valence-corrected chi connectivity index (χ1v) is 8.98. The molecule has 132 valence electrons. The van der Waals surface area contributed by atoms with Gasteiger partial charge >= 0.3 is 0 Å². The number of carbonyl (C=O) groups excluding carboxylic acids is 1. The molecule has 1 N–H and O–H groups in total.